The van der Waals surface area contributed by atoms with Crippen molar-refractivity contribution in [2.45, 2.75) is 334 Å². The minimum absolute atomic E-state index is 0.184. The van der Waals surface area contributed by atoms with Gasteiger partial charge in [0.05, 0.1) is 34.4 Å². The van der Waals surface area contributed by atoms with Crippen LogP contribution in [0.25, 0.3) is 0 Å². The standard InChI is InChI=1S/C78H137NO8/c1-6-8-10-12-14-16-18-20-22-24-26-28-30-32-34-36-38-40-42-44-46-48-50-52-54-56-58-60-62-64-66-68-75(80)85-72-74(73-86-78(77(82)83)84-71-70-79(3,4)5)87-76(81)69-67-65-63-61-59-57-55-53-51-49-47-45-43-41-39-37-35-33-31-29-27-25-23-21-19-17-15-13-11-9-7-2/h9,11,15,17,21,23-24,26-27,29,33,35,39,41,45,47,74,78H,6-8,10,12-14,16,18-20,22,25,28,30-32,34,36-38,40,42-44,46,48-73H2,1-5H3/p+1/b11-9-,17-15-,23-21-,26-24-,29-27-,35-33-,41-39-,47-45-. The van der Waals surface area contributed by atoms with Crippen molar-refractivity contribution in [2.24, 2.45) is 0 Å². The number of aliphatic carboxylic acids is 1. The Kier molecular flexibility index (Phi) is 65.2. The van der Waals surface area contributed by atoms with Gasteiger partial charge in [-0.05, 0) is 96.3 Å². The molecule has 0 aromatic rings. The summed E-state index contributed by atoms with van der Waals surface area (Å²) in [6.07, 6.45) is 91.0. The largest absolute Gasteiger partial charge is 0.477 e. The number of carbonyl (C=O) groups excluding carboxylic acids is 2. The summed E-state index contributed by atoms with van der Waals surface area (Å²) in [4.78, 5) is 37.7. The van der Waals surface area contributed by atoms with Crippen molar-refractivity contribution in [3.05, 3.63) is 97.2 Å². The molecule has 0 aromatic heterocycles. The number of nitrogens with zero attached hydrogens (tertiary/aromatic N) is 1. The highest BCUT2D eigenvalue weighted by Gasteiger charge is 2.25. The Labute approximate surface area is 537 Å². The molecule has 0 saturated carbocycles. The van der Waals surface area contributed by atoms with Crippen LogP contribution in [-0.4, -0.2) is 87.4 Å². The molecule has 0 radical (unpaired) electrons. The Bertz CT molecular complexity index is 1750. The number of carboxylic acids is 1. The Morgan fingerprint density at radius 1 is 0.356 bits per heavy atom. The predicted molar refractivity (Wildman–Crippen MR) is 373 cm³/mol. The summed E-state index contributed by atoms with van der Waals surface area (Å²) in [5.74, 6) is -2.00. The maximum Gasteiger partial charge on any atom is 0.361 e. The zero-order chi connectivity index (χ0) is 63.3. The van der Waals surface area contributed by atoms with Crippen molar-refractivity contribution in [3.63, 3.8) is 0 Å². The molecule has 2 atom stereocenters. The number of allylic oxidation sites excluding steroid dienone is 16. The lowest BCUT2D eigenvalue weighted by molar-refractivity contribution is -0.870. The van der Waals surface area contributed by atoms with Crippen molar-refractivity contribution in [3.8, 4) is 0 Å². The van der Waals surface area contributed by atoms with Gasteiger partial charge in [-0.3, -0.25) is 9.59 Å². The van der Waals surface area contributed by atoms with Gasteiger partial charge < -0.3 is 28.5 Å². The number of carboxylic acid groups (broad SMARTS) is 1. The number of ether oxygens (including phenoxy) is 4. The molecule has 0 amide bonds. The van der Waals surface area contributed by atoms with Gasteiger partial charge >= 0.3 is 17.9 Å². The fourth-order valence-electron chi connectivity index (χ4n) is 10.3. The van der Waals surface area contributed by atoms with E-state index in [2.05, 4.69) is 111 Å². The Morgan fingerprint density at radius 3 is 0.989 bits per heavy atom. The highest BCUT2D eigenvalue weighted by Crippen LogP contribution is 2.18. The first kappa shape index (κ1) is 83.2. The molecule has 1 N–H and O–H groups in total. The maximum atomic E-state index is 13.0. The molecule has 2 unspecified atom stereocenters. The fourth-order valence-corrected chi connectivity index (χ4v) is 10.3. The first-order chi connectivity index (χ1) is 42.6. The van der Waals surface area contributed by atoms with Gasteiger partial charge in [0.15, 0.2) is 6.10 Å². The summed E-state index contributed by atoms with van der Waals surface area (Å²) in [7, 11) is 5.98. The lowest BCUT2D eigenvalue weighted by atomic mass is 10.0. The maximum absolute atomic E-state index is 13.0. The minimum Gasteiger partial charge on any atom is -0.477 e. The number of quaternary nitrogens is 1. The van der Waals surface area contributed by atoms with Gasteiger partial charge in [0, 0.05) is 12.8 Å². The normalized spacial score (nSPS) is 13.3. The van der Waals surface area contributed by atoms with E-state index in [0.29, 0.717) is 23.9 Å². The van der Waals surface area contributed by atoms with E-state index in [-0.39, 0.29) is 32.2 Å². The molecule has 0 fully saturated rings. The van der Waals surface area contributed by atoms with E-state index in [9.17, 15) is 19.5 Å². The average molecular weight is 1220 g/mol. The molecule has 0 spiro atoms. The van der Waals surface area contributed by atoms with E-state index < -0.39 is 24.3 Å². The molecule has 87 heavy (non-hydrogen) atoms. The van der Waals surface area contributed by atoms with Crippen LogP contribution in [0.4, 0.5) is 0 Å². The molecule has 9 nitrogen and oxygen atoms in total. The molecule has 502 valence electrons. The van der Waals surface area contributed by atoms with Gasteiger partial charge in [-0.25, -0.2) is 4.79 Å². The molecular weight excluding hydrogens is 1080 g/mol. The van der Waals surface area contributed by atoms with Crippen LogP contribution in [0.5, 0.6) is 0 Å². The number of hydrogen-bond donors (Lipinski definition) is 1. The number of hydrogen-bond acceptors (Lipinski definition) is 7. The molecule has 0 aromatic carbocycles. The molecule has 0 heterocycles. The SMILES string of the molecule is CC/C=C\C/C=C\C/C=C\C/C=C\C/C=C\C/C=C\C/C=C\CCCCCCCCCCCC(=O)OC(COC(=O)CCCCCCCCCCCCCCCCCCCCC/C=C\CCCCCCCCCC)COC(OCC[N+](C)(C)C)C(=O)O. The van der Waals surface area contributed by atoms with Crippen LogP contribution in [0.3, 0.4) is 0 Å². The predicted octanol–water partition coefficient (Wildman–Crippen LogP) is 22.8. The van der Waals surface area contributed by atoms with Crippen molar-refractivity contribution in [2.75, 3.05) is 47.5 Å². The smallest absolute Gasteiger partial charge is 0.361 e. The molecular formula is C78H138NO8+. The highest BCUT2D eigenvalue weighted by atomic mass is 16.7. The van der Waals surface area contributed by atoms with E-state index >= 15 is 0 Å². The van der Waals surface area contributed by atoms with Gasteiger partial charge in [-0.15, -0.1) is 0 Å². The van der Waals surface area contributed by atoms with E-state index in [0.717, 1.165) is 89.9 Å². The third-order valence-corrected chi connectivity index (χ3v) is 15.8. The van der Waals surface area contributed by atoms with Crippen LogP contribution in [-0.2, 0) is 33.3 Å². The zero-order valence-electron chi connectivity index (χ0n) is 57.4. The van der Waals surface area contributed by atoms with E-state index in [4.69, 9.17) is 18.9 Å². The summed E-state index contributed by atoms with van der Waals surface area (Å²) >= 11 is 0. The van der Waals surface area contributed by atoms with Gasteiger partial charge in [0.1, 0.15) is 13.2 Å². The second-order valence-electron chi connectivity index (χ2n) is 25.5. The molecule has 0 aliphatic carbocycles. The monoisotopic (exact) mass is 1220 g/mol. The van der Waals surface area contributed by atoms with Crippen LogP contribution < -0.4 is 0 Å². The second kappa shape index (κ2) is 68.1. The molecule has 0 aliphatic heterocycles. The molecule has 9 heteroatoms. The lowest BCUT2D eigenvalue weighted by Gasteiger charge is -2.25. The van der Waals surface area contributed by atoms with Crippen LogP contribution in [0.2, 0.25) is 0 Å². The first-order valence-electron chi connectivity index (χ1n) is 36.4. The lowest BCUT2D eigenvalue weighted by Crippen LogP contribution is -2.40. The second-order valence-corrected chi connectivity index (χ2v) is 25.5. The summed E-state index contributed by atoms with van der Waals surface area (Å²) in [6.45, 7) is 4.79. The van der Waals surface area contributed by atoms with Gasteiger partial charge in [0.25, 0.3) is 6.29 Å². The average Bonchev–Trinajstić information content (AvgIpc) is 3.56. The Morgan fingerprint density at radius 2 is 0.655 bits per heavy atom. The summed E-state index contributed by atoms with van der Waals surface area (Å²) in [6, 6.07) is 0. The van der Waals surface area contributed by atoms with Crippen LogP contribution in [0.15, 0.2) is 97.2 Å². The fraction of sp³-hybridized carbons (Fsp3) is 0.756. The number of unbranched alkanes of at least 4 members (excludes halogenated alkanes) is 36. The Hall–Kier alpha value is -3.79. The van der Waals surface area contributed by atoms with Gasteiger partial charge in [0.2, 0.25) is 0 Å². The molecule has 0 rings (SSSR count). The number of rotatable bonds is 67. The third-order valence-electron chi connectivity index (χ3n) is 15.8. The highest BCUT2D eigenvalue weighted by molar-refractivity contribution is 5.71. The number of likely N-dealkylation sites (N-methyl/N-ethyl adjacent to an activating group) is 1. The topological polar surface area (TPSA) is 108 Å². The van der Waals surface area contributed by atoms with Crippen LogP contribution in [0.1, 0.15) is 322 Å². The van der Waals surface area contributed by atoms with Crippen molar-refractivity contribution < 1.29 is 42.9 Å². The van der Waals surface area contributed by atoms with E-state index in [1.165, 1.54) is 199 Å². The summed E-state index contributed by atoms with van der Waals surface area (Å²) in [5, 5.41) is 9.75. The third kappa shape index (κ3) is 69.5. The number of carbonyl (C=O) groups is 3. The van der Waals surface area contributed by atoms with Crippen molar-refractivity contribution >= 4 is 17.9 Å². The van der Waals surface area contributed by atoms with E-state index in [1.54, 1.807) is 0 Å². The number of esters is 2. The minimum atomic E-state index is -1.52. The van der Waals surface area contributed by atoms with Crippen molar-refractivity contribution in [1.82, 2.24) is 0 Å². The summed E-state index contributed by atoms with van der Waals surface area (Å²) in [5.41, 5.74) is 0. The van der Waals surface area contributed by atoms with E-state index in [1.807, 2.05) is 21.1 Å². The Balaban J connectivity index is 4.11. The van der Waals surface area contributed by atoms with Gasteiger partial charge in [-0.2, -0.15) is 0 Å². The molecule has 0 aliphatic rings. The molecule has 0 bridgehead atoms. The first-order valence-corrected chi connectivity index (χ1v) is 36.4. The van der Waals surface area contributed by atoms with Crippen LogP contribution in [0, 0.1) is 0 Å². The van der Waals surface area contributed by atoms with Gasteiger partial charge in [-0.1, -0.05) is 310 Å². The van der Waals surface area contributed by atoms with Crippen LogP contribution >= 0.6 is 0 Å². The summed E-state index contributed by atoms with van der Waals surface area (Å²) < 4.78 is 23.0. The quantitative estimate of drug-likeness (QED) is 0.0211. The zero-order valence-corrected chi connectivity index (χ0v) is 57.4. The van der Waals surface area contributed by atoms with Crippen molar-refractivity contribution in [1.29, 1.82) is 0 Å². The molecule has 0 saturated heterocycles.